The summed E-state index contributed by atoms with van der Waals surface area (Å²) in [7, 11) is 1.96. The summed E-state index contributed by atoms with van der Waals surface area (Å²) in [5.41, 5.74) is 3.57. The quantitative estimate of drug-likeness (QED) is 0.919. The first kappa shape index (κ1) is 13.1. The summed E-state index contributed by atoms with van der Waals surface area (Å²) in [5, 5.41) is 8.50. The number of nitrogens with zero attached hydrogens (tertiary/aromatic N) is 2. The summed E-state index contributed by atoms with van der Waals surface area (Å²) < 4.78 is 1.90. The summed E-state index contributed by atoms with van der Waals surface area (Å²) >= 11 is 6.11. The molecule has 1 heterocycles. The largest absolute Gasteiger partial charge is 0.305 e. The molecule has 18 heavy (non-hydrogen) atoms. The van der Waals surface area contributed by atoms with Gasteiger partial charge in [-0.05, 0) is 42.8 Å². The molecule has 0 fully saturated rings. The van der Waals surface area contributed by atoms with E-state index in [2.05, 4.69) is 30.3 Å². The number of rotatable bonds is 4. The van der Waals surface area contributed by atoms with Crippen LogP contribution in [0.3, 0.4) is 0 Å². The van der Waals surface area contributed by atoms with Crippen molar-refractivity contribution in [3.8, 4) is 0 Å². The van der Waals surface area contributed by atoms with Gasteiger partial charge < -0.3 is 5.32 Å². The molecule has 0 aliphatic carbocycles. The molecule has 0 radical (unpaired) electrons. The minimum Gasteiger partial charge on any atom is -0.305 e. The monoisotopic (exact) mass is 263 g/mol. The first-order valence-electron chi connectivity index (χ1n) is 6.10. The van der Waals surface area contributed by atoms with Crippen LogP contribution in [0.15, 0.2) is 30.5 Å². The highest BCUT2D eigenvalue weighted by molar-refractivity contribution is 6.30. The van der Waals surface area contributed by atoms with Crippen LogP contribution in [0.5, 0.6) is 0 Å². The number of hydrogen-bond acceptors (Lipinski definition) is 2. The van der Waals surface area contributed by atoms with Crippen LogP contribution < -0.4 is 5.32 Å². The van der Waals surface area contributed by atoms with Gasteiger partial charge >= 0.3 is 0 Å². The van der Waals surface area contributed by atoms with E-state index in [-0.39, 0.29) is 6.04 Å². The summed E-state index contributed by atoms with van der Waals surface area (Å²) in [5.74, 6) is 0. The molecule has 2 aromatic rings. The Morgan fingerprint density at radius 3 is 2.78 bits per heavy atom. The molecule has 96 valence electrons. The van der Waals surface area contributed by atoms with Gasteiger partial charge in [0.25, 0.3) is 0 Å². The molecular weight excluding hydrogens is 246 g/mol. The molecule has 1 unspecified atom stereocenters. The Morgan fingerprint density at radius 2 is 2.17 bits per heavy atom. The standard InChI is InChI=1S/C14H18ClN3/c1-4-16-14(13-7-8-17-18(13)3)12-9-11(15)6-5-10(12)2/h5-9,14,16H,4H2,1-3H3. The molecule has 0 bridgehead atoms. The van der Waals surface area contributed by atoms with Gasteiger partial charge in [-0.3, -0.25) is 4.68 Å². The molecule has 0 aliphatic heterocycles. The second-order valence-corrected chi connectivity index (χ2v) is 4.81. The maximum absolute atomic E-state index is 6.11. The van der Waals surface area contributed by atoms with Gasteiger partial charge in [0.15, 0.2) is 0 Å². The Balaban J connectivity index is 2.48. The fourth-order valence-electron chi connectivity index (χ4n) is 2.17. The molecule has 2 rings (SSSR count). The van der Waals surface area contributed by atoms with Crippen LogP contribution in [0.2, 0.25) is 5.02 Å². The van der Waals surface area contributed by atoms with E-state index in [0.29, 0.717) is 0 Å². The fourth-order valence-corrected chi connectivity index (χ4v) is 2.35. The van der Waals surface area contributed by atoms with Gasteiger partial charge in [0, 0.05) is 18.3 Å². The van der Waals surface area contributed by atoms with E-state index in [9.17, 15) is 0 Å². The first-order valence-corrected chi connectivity index (χ1v) is 6.48. The SMILES string of the molecule is CCNC(c1cc(Cl)ccc1C)c1ccnn1C. The van der Waals surface area contributed by atoms with Crippen molar-refractivity contribution < 1.29 is 0 Å². The van der Waals surface area contributed by atoms with Crippen molar-refractivity contribution >= 4 is 11.6 Å². The van der Waals surface area contributed by atoms with Crippen molar-refractivity contribution in [1.82, 2.24) is 15.1 Å². The Labute approximate surface area is 113 Å². The molecule has 0 aliphatic rings. The van der Waals surface area contributed by atoms with Crippen LogP contribution in [-0.4, -0.2) is 16.3 Å². The first-order chi connectivity index (χ1) is 8.63. The zero-order chi connectivity index (χ0) is 13.1. The molecule has 0 amide bonds. The molecule has 0 saturated carbocycles. The van der Waals surface area contributed by atoms with Gasteiger partial charge in [0.05, 0.1) is 11.7 Å². The van der Waals surface area contributed by atoms with Crippen LogP contribution in [0.1, 0.15) is 29.8 Å². The lowest BCUT2D eigenvalue weighted by atomic mass is 9.98. The average Bonchev–Trinajstić information content (AvgIpc) is 2.76. The lowest BCUT2D eigenvalue weighted by Crippen LogP contribution is -2.25. The molecule has 1 aromatic carbocycles. The molecule has 0 saturated heterocycles. The van der Waals surface area contributed by atoms with Crippen molar-refractivity contribution in [2.75, 3.05) is 6.54 Å². The topological polar surface area (TPSA) is 29.9 Å². The number of aryl methyl sites for hydroxylation is 2. The third-order valence-electron chi connectivity index (χ3n) is 3.12. The Bertz CT molecular complexity index is 534. The van der Waals surface area contributed by atoms with E-state index in [4.69, 9.17) is 11.6 Å². The zero-order valence-electron chi connectivity index (χ0n) is 10.9. The number of nitrogens with one attached hydrogen (secondary N) is 1. The highest BCUT2D eigenvalue weighted by Crippen LogP contribution is 2.26. The van der Waals surface area contributed by atoms with Crippen LogP contribution in [0.4, 0.5) is 0 Å². The summed E-state index contributed by atoms with van der Waals surface area (Å²) in [6.07, 6.45) is 1.82. The highest BCUT2D eigenvalue weighted by Gasteiger charge is 2.18. The van der Waals surface area contributed by atoms with Gasteiger partial charge in [0.2, 0.25) is 0 Å². The van der Waals surface area contributed by atoms with Gasteiger partial charge in [-0.15, -0.1) is 0 Å². The minimum atomic E-state index is 0.126. The lowest BCUT2D eigenvalue weighted by Gasteiger charge is -2.21. The van der Waals surface area contributed by atoms with Crippen molar-refractivity contribution in [2.45, 2.75) is 19.9 Å². The number of aromatic nitrogens is 2. The van der Waals surface area contributed by atoms with Crippen molar-refractivity contribution in [1.29, 1.82) is 0 Å². The Kier molecular flexibility index (Phi) is 4.04. The third-order valence-corrected chi connectivity index (χ3v) is 3.35. The van der Waals surface area contributed by atoms with E-state index in [1.54, 1.807) is 0 Å². The van der Waals surface area contributed by atoms with Crippen molar-refractivity contribution in [3.05, 3.63) is 52.3 Å². The van der Waals surface area contributed by atoms with Crippen LogP contribution in [0, 0.1) is 6.92 Å². The minimum absolute atomic E-state index is 0.126. The molecular formula is C14H18ClN3. The van der Waals surface area contributed by atoms with E-state index >= 15 is 0 Å². The molecule has 3 nitrogen and oxygen atoms in total. The Morgan fingerprint density at radius 1 is 1.39 bits per heavy atom. The van der Waals surface area contributed by atoms with E-state index in [1.165, 1.54) is 11.1 Å². The summed E-state index contributed by atoms with van der Waals surface area (Å²) in [6, 6.07) is 8.16. The summed E-state index contributed by atoms with van der Waals surface area (Å²) in [4.78, 5) is 0. The maximum Gasteiger partial charge on any atom is 0.0751 e. The molecule has 0 spiro atoms. The Hall–Kier alpha value is -1.32. The molecule has 4 heteroatoms. The number of benzene rings is 1. The highest BCUT2D eigenvalue weighted by atomic mass is 35.5. The number of halogens is 1. The van der Waals surface area contributed by atoms with E-state index < -0.39 is 0 Å². The van der Waals surface area contributed by atoms with Gasteiger partial charge in [-0.1, -0.05) is 24.6 Å². The van der Waals surface area contributed by atoms with E-state index in [1.807, 2.05) is 36.1 Å². The maximum atomic E-state index is 6.11. The van der Waals surface area contributed by atoms with Crippen LogP contribution in [0.25, 0.3) is 0 Å². The lowest BCUT2D eigenvalue weighted by molar-refractivity contribution is 0.570. The van der Waals surface area contributed by atoms with Crippen LogP contribution in [-0.2, 0) is 7.05 Å². The van der Waals surface area contributed by atoms with Crippen molar-refractivity contribution in [3.63, 3.8) is 0 Å². The van der Waals surface area contributed by atoms with Crippen molar-refractivity contribution in [2.24, 2.45) is 7.05 Å². The van der Waals surface area contributed by atoms with E-state index in [0.717, 1.165) is 17.3 Å². The van der Waals surface area contributed by atoms with Gasteiger partial charge in [-0.2, -0.15) is 5.10 Å². The third kappa shape index (κ3) is 2.57. The zero-order valence-corrected chi connectivity index (χ0v) is 11.7. The smallest absolute Gasteiger partial charge is 0.0751 e. The average molecular weight is 264 g/mol. The fraction of sp³-hybridized carbons (Fsp3) is 0.357. The van der Waals surface area contributed by atoms with Gasteiger partial charge in [0.1, 0.15) is 0 Å². The normalized spacial score (nSPS) is 12.7. The van der Waals surface area contributed by atoms with Gasteiger partial charge in [-0.25, -0.2) is 0 Å². The predicted molar refractivity (Wildman–Crippen MR) is 74.9 cm³/mol. The molecule has 1 N–H and O–H groups in total. The number of hydrogen-bond donors (Lipinski definition) is 1. The van der Waals surface area contributed by atoms with Crippen LogP contribution >= 0.6 is 11.6 Å². The second kappa shape index (κ2) is 5.55. The molecule has 1 atom stereocenters. The molecule has 1 aromatic heterocycles. The summed E-state index contributed by atoms with van der Waals surface area (Å²) in [6.45, 7) is 5.09. The predicted octanol–water partition coefficient (Wildman–Crippen LogP) is 3.08. The second-order valence-electron chi connectivity index (χ2n) is 4.37.